The molecule has 7 heteroatoms. The maximum Gasteiger partial charge on any atom is 0.224 e. The molecule has 3 heterocycles. The third-order valence-electron chi connectivity index (χ3n) is 5.17. The molecule has 0 saturated carbocycles. The number of aryl methyl sites for hydroxylation is 2. The first kappa shape index (κ1) is 17.6. The van der Waals surface area contributed by atoms with E-state index < -0.39 is 0 Å². The summed E-state index contributed by atoms with van der Waals surface area (Å²) < 4.78 is 1.81. The number of pyridine rings is 1. The van der Waals surface area contributed by atoms with Gasteiger partial charge in [-0.25, -0.2) is 4.68 Å². The van der Waals surface area contributed by atoms with E-state index in [1.165, 1.54) is 5.56 Å². The van der Waals surface area contributed by atoms with Gasteiger partial charge < -0.3 is 4.90 Å². The van der Waals surface area contributed by atoms with Crippen LogP contribution in [0.1, 0.15) is 17.7 Å². The molecule has 0 unspecified atom stereocenters. The van der Waals surface area contributed by atoms with Crippen LogP contribution in [0.4, 0.5) is 0 Å². The van der Waals surface area contributed by atoms with E-state index in [4.69, 9.17) is 0 Å². The Bertz CT molecular complexity index is 929. The molecule has 0 bridgehead atoms. The minimum absolute atomic E-state index is 0.184. The number of fused-ring (bicyclic) bond motifs is 1. The summed E-state index contributed by atoms with van der Waals surface area (Å²) in [6.45, 7) is 6.80. The van der Waals surface area contributed by atoms with Crippen molar-refractivity contribution in [2.24, 2.45) is 0 Å². The van der Waals surface area contributed by atoms with E-state index in [-0.39, 0.29) is 5.91 Å². The van der Waals surface area contributed by atoms with Gasteiger partial charge in [0.15, 0.2) is 0 Å². The molecule has 1 fully saturated rings. The number of hydrogen-bond acceptors (Lipinski definition) is 5. The summed E-state index contributed by atoms with van der Waals surface area (Å²) in [6, 6.07) is 11.9. The lowest BCUT2D eigenvalue weighted by molar-refractivity contribution is -0.133. The molecule has 0 N–H and O–H groups in total. The minimum Gasteiger partial charge on any atom is -0.340 e. The van der Waals surface area contributed by atoms with Gasteiger partial charge in [0.25, 0.3) is 0 Å². The van der Waals surface area contributed by atoms with Crippen LogP contribution in [0.3, 0.4) is 0 Å². The molecule has 7 nitrogen and oxygen atoms in total. The van der Waals surface area contributed by atoms with Crippen LogP contribution in [0.5, 0.6) is 0 Å². The SMILES string of the molecule is Cc1cccnc1CN1CCN(C(=O)CCn2nnc3ccccc32)CC1. The molecule has 0 aliphatic carbocycles. The minimum atomic E-state index is 0.184. The average Bonchev–Trinajstić information content (AvgIpc) is 3.12. The second-order valence-electron chi connectivity index (χ2n) is 6.98. The highest BCUT2D eigenvalue weighted by molar-refractivity contribution is 5.77. The fourth-order valence-electron chi connectivity index (χ4n) is 3.49. The van der Waals surface area contributed by atoms with Gasteiger partial charge >= 0.3 is 0 Å². The second kappa shape index (κ2) is 7.84. The number of hydrogen-bond donors (Lipinski definition) is 0. The summed E-state index contributed by atoms with van der Waals surface area (Å²) in [4.78, 5) is 21.4. The highest BCUT2D eigenvalue weighted by Gasteiger charge is 2.21. The highest BCUT2D eigenvalue weighted by Crippen LogP contribution is 2.13. The van der Waals surface area contributed by atoms with Gasteiger partial charge in [0, 0.05) is 45.3 Å². The van der Waals surface area contributed by atoms with Crippen molar-refractivity contribution >= 4 is 16.9 Å². The van der Waals surface area contributed by atoms with E-state index in [2.05, 4.69) is 33.2 Å². The third kappa shape index (κ3) is 3.98. The topological polar surface area (TPSA) is 67.2 Å². The molecule has 1 aromatic carbocycles. The Morgan fingerprint density at radius 2 is 1.89 bits per heavy atom. The summed E-state index contributed by atoms with van der Waals surface area (Å²) >= 11 is 0. The molecular weight excluding hydrogens is 340 g/mol. The van der Waals surface area contributed by atoms with E-state index in [0.717, 1.165) is 49.5 Å². The zero-order valence-electron chi connectivity index (χ0n) is 15.6. The van der Waals surface area contributed by atoms with Gasteiger partial charge in [-0.3, -0.25) is 14.7 Å². The Kier molecular flexibility index (Phi) is 5.11. The highest BCUT2D eigenvalue weighted by atomic mass is 16.2. The second-order valence-corrected chi connectivity index (χ2v) is 6.98. The van der Waals surface area contributed by atoms with Crippen LogP contribution in [0.25, 0.3) is 11.0 Å². The third-order valence-corrected chi connectivity index (χ3v) is 5.17. The quantitative estimate of drug-likeness (QED) is 0.691. The van der Waals surface area contributed by atoms with Gasteiger partial charge in [-0.05, 0) is 30.7 Å². The number of aromatic nitrogens is 4. The molecule has 0 spiro atoms. The number of nitrogens with zero attached hydrogens (tertiary/aromatic N) is 6. The maximum absolute atomic E-state index is 12.6. The zero-order chi connectivity index (χ0) is 18.6. The van der Waals surface area contributed by atoms with E-state index in [9.17, 15) is 4.79 Å². The number of rotatable bonds is 5. The Labute approximate surface area is 158 Å². The molecule has 3 aromatic rings. The van der Waals surface area contributed by atoms with E-state index in [1.54, 1.807) is 0 Å². The van der Waals surface area contributed by atoms with Gasteiger partial charge in [-0.15, -0.1) is 5.10 Å². The van der Waals surface area contributed by atoms with Crippen LogP contribution in [0.2, 0.25) is 0 Å². The monoisotopic (exact) mass is 364 g/mol. The molecule has 0 radical (unpaired) electrons. The van der Waals surface area contributed by atoms with Crippen molar-refractivity contribution in [3.63, 3.8) is 0 Å². The number of para-hydroxylation sites is 1. The molecule has 0 atom stereocenters. The molecule has 1 aliphatic heterocycles. The van der Waals surface area contributed by atoms with Crippen molar-refractivity contribution in [3.05, 3.63) is 53.9 Å². The predicted molar refractivity (Wildman–Crippen MR) is 103 cm³/mol. The average molecular weight is 364 g/mol. The first-order valence-corrected chi connectivity index (χ1v) is 9.39. The smallest absolute Gasteiger partial charge is 0.224 e. The molecule has 2 aromatic heterocycles. The molecule has 1 aliphatic rings. The fraction of sp³-hybridized carbons (Fsp3) is 0.400. The van der Waals surface area contributed by atoms with E-state index >= 15 is 0 Å². The first-order chi connectivity index (χ1) is 13.2. The maximum atomic E-state index is 12.6. The van der Waals surface area contributed by atoms with Gasteiger partial charge in [-0.2, -0.15) is 0 Å². The Hall–Kier alpha value is -2.80. The molecular formula is C20H24N6O. The normalized spacial score (nSPS) is 15.4. The zero-order valence-corrected chi connectivity index (χ0v) is 15.6. The van der Waals surface area contributed by atoms with Crippen molar-refractivity contribution in [2.45, 2.75) is 26.4 Å². The Balaban J connectivity index is 1.28. The number of carbonyl (C=O) groups excluding carboxylic acids is 1. The van der Waals surface area contributed by atoms with Crippen LogP contribution in [-0.4, -0.2) is 61.9 Å². The fourth-order valence-corrected chi connectivity index (χ4v) is 3.49. The lowest BCUT2D eigenvalue weighted by atomic mass is 10.2. The van der Waals surface area contributed by atoms with E-state index in [1.807, 2.05) is 46.1 Å². The van der Waals surface area contributed by atoms with Crippen molar-refractivity contribution in [2.75, 3.05) is 26.2 Å². The van der Waals surface area contributed by atoms with E-state index in [0.29, 0.717) is 13.0 Å². The first-order valence-electron chi connectivity index (χ1n) is 9.39. The molecule has 27 heavy (non-hydrogen) atoms. The van der Waals surface area contributed by atoms with Crippen LogP contribution in [0.15, 0.2) is 42.6 Å². The van der Waals surface area contributed by atoms with Crippen molar-refractivity contribution in [1.29, 1.82) is 0 Å². The largest absolute Gasteiger partial charge is 0.340 e. The van der Waals surface area contributed by atoms with Gasteiger partial charge in [-0.1, -0.05) is 23.4 Å². The van der Waals surface area contributed by atoms with Crippen LogP contribution < -0.4 is 0 Å². The Morgan fingerprint density at radius 1 is 1.07 bits per heavy atom. The van der Waals surface area contributed by atoms with Gasteiger partial charge in [0.2, 0.25) is 5.91 Å². The van der Waals surface area contributed by atoms with Crippen molar-refractivity contribution in [1.82, 2.24) is 29.8 Å². The van der Waals surface area contributed by atoms with Gasteiger partial charge in [0.1, 0.15) is 5.52 Å². The van der Waals surface area contributed by atoms with Crippen molar-refractivity contribution in [3.8, 4) is 0 Å². The summed E-state index contributed by atoms with van der Waals surface area (Å²) in [6.07, 6.45) is 2.29. The summed E-state index contributed by atoms with van der Waals surface area (Å²) in [7, 11) is 0. The summed E-state index contributed by atoms with van der Waals surface area (Å²) in [5.74, 6) is 0.184. The lowest BCUT2D eigenvalue weighted by Crippen LogP contribution is -2.48. The lowest BCUT2D eigenvalue weighted by Gasteiger charge is -2.34. The number of benzene rings is 1. The van der Waals surface area contributed by atoms with Crippen molar-refractivity contribution < 1.29 is 4.79 Å². The van der Waals surface area contributed by atoms with Crippen LogP contribution >= 0.6 is 0 Å². The molecule has 1 amide bonds. The molecule has 1 saturated heterocycles. The van der Waals surface area contributed by atoms with Gasteiger partial charge in [0.05, 0.1) is 17.8 Å². The summed E-state index contributed by atoms with van der Waals surface area (Å²) in [5.41, 5.74) is 4.18. The summed E-state index contributed by atoms with van der Waals surface area (Å²) in [5, 5.41) is 8.30. The van der Waals surface area contributed by atoms with Crippen LogP contribution in [0, 0.1) is 6.92 Å². The number of carbonyl (C=O) groups is 1. The number of amides is 1. The number of piperazine rings is 1. The van der Waals surface area contributed by atoms with Crippen LogP contribution in [-0.2, 0) is 17.9 Å². The predicted octanol–water partition coefficient (Wildman–Crippen LogP) is 1.87. The molecule has 4 rings (SSSR count). The Morgan fingerprint density at radius 3 is 2.70 bits per heavy atom. The molecule has 140 valence electrons. The standard InChI is InChI=1S/C20H24N6O/c1-16-5-4-9-21-18(16)15-24-11-13-25(14-12-24)20(27)8-10-26-19-7-3-2-6-17(19)22-23-26/h2-7,9H,8,10-15H2,1H3.